The summed E-state index contributed by atoms with van der Waals surface area (Å²) in [6.07, 6.45) is 1.80. The zero-order valence-corrected chi connectivity index (χ0v) is 13.7. The van der Waals surface area contributed by atoms with Gasteiger partial charge in [-0.15, -0.1) is 0 Å². The van der Waals surface area contributed by atoms with Gasteiger partial charge < -0.3 is 10.6 Å². The van der Waals surface area contributed by atoms with Crippen LogP contribution >= 0.6 is 15.9 Å². The molecule has 0 amide bonds. The van der Waals surface area contributed by atoms with E-state index < -0.39 is 0 Å². The van der Waals surface area contributed by atoms with Gasteiger partial charge in [-0.25, -0.2) is 14.4 Å². The minimum absolute atomic E-state index is 0.282. The monoisotopic (exact) mass is 352 g/mol. The molecule has 6 heteroatoms. The number of rotatable bonds is 6. The number of aromatic nitrogens is 2. The van der Waals surface area contributed by atoms with Crippen LogP contribution in [-0.4, -0.2) is 16.5 Å². The summed E-state index contributed by atoms with van der Waals surface area (Å²) in [6, 6.07) is 6.35. The summed E-state index contributed by atoms with van der Waals surface area (Å²) in [4.78, 5) is 8.94. The van der Waals surface area contributed by atoms with Crippen molar-refractivity contribution in [1.29, 1.82) is 0 Å². The van der Waals surface area contributed by atoms with Gasteiger partial charge >= 0.3 is 0 Å². The van der Waals surface area contributed by atoms with Gasteiger partial charge in [0.05, 0.1) is 5.69 Å². The Bertz CT molecular complexity index is 594. The number of nitrogens with one attached hydrogen (secondary N) is 2. The Morgan fingerprint density at radius 2 is 1.90 bits per heavy atom. The molecule has 4 nitrogen and oxygen atoms in total. The maximum absolute atomic E-state index is 13.1. The molecule has 1 aromatic heterocycles. The molecule has 0 aliphatic heterocycles. The van der Waals surface area contributed by atoms with Crippen molar-refractivity contribution in [3.05, 3.63) is 40.4 Å². The Kier molecular flexibility index (Phi) is 5.50. The number of halogens is 2. The highest BCUT2D eigenvalue weighted by Gasteiger charge is 2.07. The smallest absolute Gasteiger partial charge is 0.136 e. The molecule has 0 aliphatic carbocycles. The molecule has 1 aromatic carbocycles. The van der Waals surface area contributed by atoms with E-state index in [9.17, 15) is 4.39 Å². The Balaban J connectivity index is 2.29. The maximum Gasteiger partial charge on any atom is 0.136 e. The molecular weight excluding hydrogens is 335 g/mol. The number of anilines is 3. The van der Waals surface area contributed by atoms with E-state index in [1.165, 1.54) is 12.1 Å². The Hall–Kier alpha value is -1.69. The minimum atomic E-state index is -0.282. The van der Waals surface area contributed by atoms with Gasteiger partial charge in [-0.1, -0.05) is 6.92 Å². The normalized spacial score (nSPS) is 10.5. The average Bonchev–Trinajstić information content (AvgIpc) is 2.42. The van der Waals surface area contributed by atoms with Gasteiger partial charge in [0, 0.05) is 23.5 Å². The van der Waals surface area contributed by atoms with Gasteiger partial charge in [0.15, 0.2) is 0 Å². The van der Waals surface area contributed by atoms with Crippen LogP contribution in [-0.2, 0) is 6.42 Å². The van der Waals surface area contributed by atoms with Gasteiger partial charge in [-0.2, -0.15) is 0 Å². The first-order valence-electron chi connectivity index (χ1n) is 6.96. The van der Waals surface area contributed by atoms with Crippen LogP contribution in [0.25, 0.3) is 0 Å². The van der Waals surface area contributed by atoms with Crippen molar-refractivity contribution in [2.24, 2.45) is 0 Å². The molecule has 2 N–H and O–H groups in total. The molecule has 0 atom stereocenters. The van der Waals surface area contributed by atoms with Crippen LogP contribution in [0.5, 0.6) is 0 Å². The van der Waals surface area contributed by atoms with Crippen LogP contribution in [0.2, 0.25) is 0 Å². The standard InChI is InChI=1S/C15H18BrFN4/c1-3-5-13-20-14(18-4-2)9-15(21-13)19-12-7-6-10(17)8-11(12)16/h6-9H,3-5H2,1-2H3,(H2,18,19,20,21). The average molecular weight is 353 g/mol. The van der Waals surface area contributed by atoms with Crippen LogP contribution < -0.4 is 10.6 Å². The van der Waals surface area contributed by atoms with Crippen molar-refractivity contribution in [1.82, 2.24) is 9.97 Å². The molecule has 1 heterocycles. The summed E-state index contributed by atoms with van der Waals surface area (Å²) in [5.41, 5.74) is 0.764. The molecule has 0 aliphatic rings. The molecule has 2 rings (SSSR count). The van der Waals surface area contributed by atoms with Crippen molar-refractivity contribution >= 4 is 33.3 Å². The van der Waals surface area contributed by atoms with E-state index in [1.807, 2.05) is 13.0 Å². The zero-order chi connectivity index (χ0) is 15.2. The fourth-order valence-electron chi connectivity index (χ4n) is 1.90. The van der Waals surface area contributed by atoms with Crippen molar-refractivity contribution in [3.63, 3.8) is 0 Å². The summed E-state index contributed by atoms with van der Waals surface area (Å²) in [7, 11) is 0. The highest BCUT2D eigenvalue weighted by Crippen LogP contribution is 2.26. The lowest BCUT2D eigenvalue weighted by Crippen LogP contribution is -2.06. The van der Waals surface area contributed by atoms with Crippen molar-refractivity contribution in [3.8, 4) is 0 Å². The third kappa shape index (κ3) is 4.39. The van der Waals surface area contributed by atoms with Crippen molar-refractivity contribution in [2.75, 3.05) is 17.2 Å². The molecule has 112 valence electrons. The van der Waals surface area contributed by atoms with Crippen LogP contribution in [0.3, 0.4) is 0 Å². The highest BCUT2D eigenvalue weighted by molar-refractivity contribution is 9.10. The van der Waals surface area contributed by atoms with Crippen LogP contribution in [0.4, 0.5) is 21.7 Å². The zero-order valence-electron chi connectivity index (χ0n) is 12.1. The first-order chi connectivity index (χ1) is 10.1. The molecule has 0 unspecified atom stereocenters. The van der Waals surface area contributed by atoms with E-state index in [4.69, 9.17) is 0 Å². The maximum atomic E-state index is 13.1. The number of hydrogen-bond donors (Lipinski definition) is 2. The van der Waals surface area contributed by atoms with Gasteiger partial charge in [-0.05, 0) is 47.5 Å². The first-order valence-corrected chi connectivity index (χ1v) is 7.75. The van der Waals surface area contributed by atoms with E-state index in [0.717, 1.165) is 36.7 Å². The molecule has 0 fully saturated rings. The van der Waals surface area contributed by atoms with Gasteiger partial charge in [0.1, 0.15) is 23.3 Å². The van der Waals surface area contributed by atoms with Gasteiger partial charge in [0.25, 0.3) is 0 Å². The van der Waals surface area contributed by atoms with E-state index in [1.54, 1.807) is 6.07 Å². The number of benzene rings is 1. The molecule has 0 saturated heterocycles. The Morgan fingerprint density at radius 1 is 1.14 bits per heavy atom. The van der Waals surface area contributed by atoms with E-state index in [2.05, 4.69) is 43.5 Å². The Labute approximate surface area is 132 Å². The quantitative estimate of drug-likeness (QED) is 0.803. The van der Waals surface area contributed by atoms with Crippen LogP contribution in [0.15, 0.2) is 28.7 Å². The molecule has 2 aromatic rings. The second-order valence-corrected chi connectivity index (χ2v) is 5.44. The predicted octanol–water partition coefficient (Wildman–Crippen LogP) is 4.51. The van der Waals surface area contributed by atoms with E-state index in [0.29, 0.717) is 10.3 Å². The SMILES string of the molecule is CCCc1nc(NCC)cc(Nc2ccc(F)cc2Br)n1. The second kappa shape index (κ2) is 7.36. The second-order valence-electron chi connectivity index (χ2n) is 4.58. The lowest BCUT2D eigenvalue weighted by atomic mass is 10.3. The molecular formula is C15H18BrFN4. The van der Waals surface area contributed by atoms with Crippen molar-refractivity contribution in [2.45, 2.75) is 26.7 Å². The number of nitrogens with zero attached hydrogens (tertiary/aromatic N) is 2. The lowest BCUT2D eigenvalue weighted by Gasteiger charge is -2.11. The Morgan fingerprint density at radius 3 is 2.57 bits per heavy atom. The highest BCUT2D eigenvalue weighted by atomic mass is 79.9. The van der Waals surface area contributed by atoms with Gasteiger partial charge in [0.2, 0.25) is 0 Å². The number of aryl methyl sites for hydroxylation is 1. The predicted molar refractivity (Wildman–Crippen MR) is 87.6 cm³/mol. The molecule has 0 bridgehead atoms. The number of hydrogen-bond acceptors (Lipinski definition) is 4. The summed E-state index contributed by atoms with van der Waals surface area (Å²) in [5.74, 6) is 1.99. The minimum Gasteiger partial charge on any atom is -0.370 e. The van der Waals surface area contributed by atoms with Gasteiger partial charge in [-0.3, -0.25) is 0 Å². The topological polar surface area (TPSA) is 49.8 Å². The third-order valence-corrected chi connectivity index (χ3v) is 3.45. The summed E-state index contributed by atoms with van der Waals surface area (Å²) >= 11 is 3.34. The summed E-state index contributed by atoms with van der Waals surface area (Å²) in [6.45, 7) is 4.90. The summed E-state index contributed by atoms with van der Waals surface area (Å²) < 4.78 is 13.8. The first kappa shape index (κ1) is 15.7. The van der Waals surface area contributed by atoms with Crippen LogP contribution in [0.1, 0.15) is 26.1 Å². The lowest BCUT2D eigenvalue weighted by molar-refractivity contribution is 0.627. The van der Waals surface area contributed by atoms with Crippen molar-refractivity contribution < 1.29 is 4.39 Å². The van der Waals surface area contributed by atoms with Crippen LogP contribution in [0, 0.1) is 5.82 Å². The molecule has 0 radical (unpaired) electrons. The fourth-order valence-corrected chi connectivity index (χ4v) is 2.35. The molecule has 0 saturated carbocycles. The largest absolute Gasteiger partial charge is 0.370 e. The molecule has 21 heavy (non-hydrogen) atoms. The van der Waals surface area contributed by atoms with E-state index >= 15 is 0 Å². The summed E-state index contributed by atoms with van der Waals surface area (Å²) in [5, 5.41) is 6.39. The third-order valence-electron chi connectivity index (χ3n) is 2.80. The van der Waals surface area contributed by atoms with E-state index in [-0.39, 0.29) is 5.82 Å². The fraction of sp³-hybridized carbons (Fsp3) is 0.333. The molecule has 0 spiro atoms.